The molecule has 4 nitrogen and oxygen atoms in total. The molecule has 4 heteroatoms. The molecule has 1 atom stereocenters. The lowest BCUT2D eigenvalue weighted by atomic mass is 10.0. The number of carbonyl (C=O) groups excluding carboxylic acids is 1. The third-order valence-electron chi connectivity index (χ3n) is 4.49. The molecule has 3 rings (SSSR count). The van der Waals surface area contributed by atoms with E-state index in [9.17, 15) is 9.90 Å². The van der Waals surface area contributed by atoms with E-state index in [1.54, 1.807) is 12.1 Å². The fourth-order valence-corrected chi connectivity index (χ4v) is 3.24. The van der Waals surface area contributed by atoms with Gasteiger partial charge in [0.2, 0.25) is 0 Å². The Morgan fingerprint density at radius 3 is 2.57 bits per heavy atom. The number of rotatable bonds is 5. The summed E-state index contributed by atoms with van der Waals surface area (Å²) >= 11 is 0. The largest absolute Gasteiger partial charge is 0.507 e. The molecule has 1 amide bonds. The maximum absolute atomic E-state index is 12.4. The third-order valence-corrected chi connectivity index (χ3v) is 4.49. The molecule has 0 bridgehead atoms. The Hall–Kier alpha value is -2.07. The molecule has 2 N–H and O–H groups in total. The number of aromatic hydroxyl groups is 1. The molecule has 0 aliphatic carbocycles. The molecule has 0 aromatic heterocycles. The zero-order chi connectivity index (χ0) is 16.2. The number of nitrogens with one attached hydrogen (secondary N) is 1. The summed E-state index contributed by atoms with van der Waals surface area (Å²) in [6.45, 7) is 6.14. The number of fused-ring (bicyclic) bond motifs is 1. The van der Waals surface area contributed by atoms with Crippen LogP contribution in [0.1, 0.15) is 30.1 Å². The number of benzene rings is 2. The molecule has 0 radical (unpaired) electrons. The van der Waals surface area contributed by atoms with Gasteiger partial charge in [0.1, 0.15) is 5.75 Å². The fraction of sp³-hybridized carbons (Fsp3) is 0.421. The standard InChI is InChI=1S/C19H24N2O2/c1-14(13-21-8-4-5-9-21)12-20-19(23)17-10-15-6-2-3-7-16(15)11-18(17)22/h2-3,6-7,10-11,14,22H,4-5,8-9,12-13H2,1H3,(H,20,23). The highest BCUT2D eigenvalue weighted by Crippen LogP contribution is 2.24. The summed E-state index contributed by atoms with van der Waals surface area (Å²) in [6.07, 6.45) is 2.56. The summed E-state index contributed by atoms with van der Waals surface area (Å²) in [7, 11) is 0. The molecule has 1 fully saturated rings. The van der Waals surface area contributed by atoms with E-state index in [1.807, 2.05) is 24.3 Å². The molecule has 2 aromatic carbocycles. The van der Waals surface area contributed by atoms with Gasteiger partial charge in [0, 0.05) is 13.1 Å². The van der Waals surface area contributed by atoms with Crippen molar-refractivity contribution in [2.75, 3.05) is 26.2 Å². The van der Waals surface area contributed by atoms with Gasteiger partial charge >= 0.3 is 0 Å². The van der Waals surface area contributed by atoms with Crippen LogP contribution in [0.5, 0.6) is 5.75 Å². The Kier molecular flexibility index (Phi) is 4.82. The highest BCUT2D eigenvalue weighted by Gasteiger charge is 2.17. The van der Waals surface area contributed by atoms with Crippen LogP contribution in [-0.4, -0.2) is 42.1 Å². The Balaban J connectivity index is 1.62. The molecule has 1 heterocycles. The Morgan fingerprint density at radius 1 is 1.22 bits per heavy atom. The number of carbonyl (C=O) groups is 1. The smallest absolute Gasteiger partial charge is 0.255 e. The van der Waals surface area contributed by atoms with E-state index in [0.717, 1.165) is 17.3 Å². The van der Waals surface area contributed by atoms with Crippen molar-refractivity contribution in [2.45, 2.75) is 19.8 Å². The van der Waals surface area contributed by atoms with Crippen molar-refractivity contribution in [1.29, 1.82) is 0 Å². The van der Waals surface area contributed by atoms with Crippen LogP contribution in [0.15, 0.2) is 36.4 Å². The van der Waals surface area contributed by atoms with Crippen molar-refractivity contribution < 1.29 is 9.90 Å². The van der Waals surface area contributed by atoms with Crippen molar-refractivity contribution in [3.63, 3.8) is 0 Å². The summed E-state index contributed by atoms with van der Waals surface area (Å²) in [4.78, 5) is 14.8. The maximum atomic E-state index is 12.4. The van der Waals surface area contributed by atoms with E-state index in [-0.39, 0.29) is 11.7 Å². The molecule has 0 saturated carbocycles. The lowest BCUT2D eigenvalue weighted by Crippen LogP contribution is -2.34. The second-order valence-corrected chi connectivity index (χ2v) is 6.54. The fourth-order valence-electron chi connectivity index (χ4n) is 3.24. The highest BCUT2D eigenvalue weighted by molar-refractivity contribution is 6.01. The average Bonchev–Trinajstić information content (AvgIpc) is 3.05. The Bertz CT molecular complexity index is 693. The number of phenolic OH excluding ortho intramolecular Hbond substituents is 1. The highest BCUT2D eigenvalue weighted by atomic mass is 16.3. The van der Waals surface area contributed by atoms with Crippen molar-refractivity contribution in [2.24, 2.45) is 5.92 Å². The Labute approximate surface area is 137 Å². The topological polar surface area (TPSA) is 52.6 Å². The van der Waals surface area contributed by atoms with Crippen LogP contribution < -0.4 is 5.32 Å². The van der Waals surface area contributed by atoms with Gasteiger partial charge in [0.25, 0.3) is 5.91 Å². The Morgan fingerprint density at radius 2 is 1.87 bits per heavy atom. The van der Waals surface area contributed by atoms with Gasteiger partial charge < -0.3 is 15.3 Å². The van der Waals surface area contributed by atoms with Gasteiger partial charge in [0.05, 0.1) is 5.56 Å². The molecule has 122 valence electrons. The van der Waals surface area contributed by atoms with Crippen molar-refractivity contribution in [1.82, 2.24) is 10.2 Å². The zero-order valence-electron chi connectivity index (χ0n) is 13.6. The molecule has 2 aromatic rings. The SMILES string of the molecule is CC(CNC(=O)c1cc2ccccc2cc1O)CN1CCCC1. The van der Waals surface area contributed by atoms with E-state index < -0.39 is 0 Å². The molecule has 1 aliphatic heterocycles. The monoisotopic (exact) mass is 312 g/mol. The number of hydrogen-bond donors (Lipinski definition) is 2. The van der Waals surface area contributed by atoms with Crippen molar-refractivity contribution >= 4 is 16.7 Å². The first-order valence-electron chi connectivity index (χ1n) is 8.36. The van der Waals surface area contributed by atoms with E-state index in [2.05, 4.69) is 17.1 Å². The quantitative estimate of drug-likeness (QED) is 0.892. The predicted octanol–water partition coefficient (Wildman–Crippen LogP) is 3.01. The van der Waals surface area contributed by atoms with Crippen LogP contribution in [0.4, 0.5) is 0 Å². The summed E-state index contributed by atoms with van der Waals surface area (Å²) in [5, 5.41) is 15.0. The third kappa shape index (κ3) is 3.82. The summed E-state index contributed by atoms with van der Waals surface area (Å²) < 4.78 is 0. The number of hydrogen-bond acceptors (Lipinski definition) is 3. The van der Waals surface area contributed by atoms with Gasteiger partial charge in [-0.2, -0.15) is 0 Å². The van der Waals surface area contributed by atoms with E-state index in [4.69, 9.17) is 0 Å². The molecular formula is C19H24N2O2. The second-order valence-electron chi connectivity index (χ2n) is 6.54. The second kappa shape index (κ2) is 7.01. The van der Waals surface area contributed by atoms with Crippen LogP contribution in [0.3, 0.4) is 0 Å². The molecule has 1 saturated heterocycles. The van der Waals surface area contributed by atoms with E-state index in [0.29, 0.717) is 18.0 Å². The predicted molar refractivity (Wildman–Crippen MR) is 92.8 cm³/mol. The van der Waals surface area contributed by atoms with Crippen LogP contribution in [0.2, 0.25) is 0 Å². The van der Waals surface area contributed by atoms with Crippen molar-refractivity contribution in [3.05, 3.63) is 42.0 Å². The minimum Gasteiger partial charge on any atom is -0.507 e. The first-order chi connectivity index (χ1) is 11.1. The van der Waals surface area contributed by atoms with Gasteiger partial charge in [-0.05, 0) is 54.8 Å². The molecule has 1 aliphatic rings. The van der Waals surface area contributed by atoms with Crippen LogP contribution in [0, 0.1) is 5.92 Å². The minimum absolute atomic E-state index is 0.0356. The minimum atomic E-state index is -0.207. The molecule has 0 spiro atoms. The van der Waals surface area contributed by atoms with Gasteiger partial charge in [-0.1, -0.05) is 31.2 Å². The van der Waals surface area contributed by atoms with Gasteiger partial charge in [-0.3, -0.25) is 4.79 Å². The normalized spacial score (nSPS) is 16.6. The summed E-state index contributed by atoms with van der Waals surface area (Å²) in [5.74, 6) is 0.231. The van der Waals surface area contributed by atoms with E-state index >= 15 is 0 Å². The zero-order valence-corrected chi connectivity index (χ0v) is 13.6. The van der Waals surface area contributed by atoms with Crippen LogP contribution in [0.25, 0.3) is 10.8 Å². The number of amides is 1. The van der Waals surface area contributed by atoms with Crippen LogP contribution in [-0.2, 0) is 0 Å². The van der Waals surface area contributed by atoms with Gasteiger partial charge in [-0.25, -0.2) is 0 Å². The molecular weight excluding hydrogens is 288 g/mol. The molecule has 1 unspecified atom stereocenters. The lowest BCUT2D eigenvalue weighted by Gasteiger charge is -2.20. The first kappa shape index (κ1) is 15.8. The lowest BCUT2D eigenvalue weighted by molar-refractivity contribution is 0.0942. The van der Waals surface area contributed by atoms with Gasteiger partial charge in [-0.15, -0.1) is 0 Å². The average molecular weight is 312 g/mol. The van der Waals surface area contributed by atoms with Gasteiger partial charge in [0.15, 0.2) is 0 Å². The summed E-state index contributed by atoms with van der Waals surface area (Å²) in [5.41, 5.74) is 0.345. The number of phenols is 1. The number of nitrogens with zero attached hydrogens (tertiary/aromatic N) is 1. The number of likely N-dealkylation sites (tertiary alicyclic amines) is 1. The maximum Gasteiger partial charge on any atom is 0.255 e. The first-order valence-corrected chi connectivity index (χ1v) is 8.36. The van der Waals surface area contributed by atoms with Crippen LogP contribution >= 0.6 is 0 Å². The molecule has 23 heavy (non-hydrogen) atoms. The van der Waals surface area contributed by atoms with Crippen molar-refractivity contribution in [3.8, 4) is 5.75 Å². The summed E-state index contributed by atoms with van der Waals surface area (Å²) in [6, 6.07) is 11.1. The van der Waals surface area contributed by atoms with E-state index in [1.165, 1.54) is 25.9 Å².